The highest BCUT2D eigenvalue weighted by Gasteiger charge is 2.16. The van der Waals surface area contributed by atoms with Crippen LogP contribution in [0.5, 0.6) is 0 Å². The number of hydrogen-bond acceptors (Lipinski definition) is 5. The number of hydrazine groups is 1. The fourth-order valence-corrected chi connectivity index (χ4v) is 4.02. The molecule has 192 valence electrons. The Balaban J connectivity index is 1.31. The lowest BCUT2D eigenvalue weighted by atomic mass is 10.0. The lowest BCUT2D eigenvalue weighted by Crippen LogP contribution is -2.47. The lowest BCUT2D eigenvalue weighted by Gasteiger charge is -2.12. The highest BCUT2D eigenvalue weighted by atomic mass is 35.5. The second-order valence-corrected chi connectivity index (χ2v) is 8.87. The molecule has 3 aromatic carbocycles. The Kier molecular flexibility index (Phi) is 8.52. The van der Waals surface area contributed by atoms with Crippen molar-refractivity contribution in [1.29, 1.82) is 0 Å². The summed E-state index contributed by atoms with van der Waals surface area (Å²) in [7, 11) is 0. The van der Waals surface area contributed by atoms with E-state index in [1.165, 1.54) is 18.2 Å². The van der Waals surface area contributed by atoms with Crippen molar-refractivity contribution in [1.82, 2.24) is 26.5 Å². The second kappa shape index (κ2) is 12.2. The number of benzene rings is 3. The molecule has 38 heavy (non-hydrogen) atoms. The van der Waals surface area contributed by atoms with Gasteiger partial charge in [0.05, 0.1) is 40.4 Å². The first-order chi connectivity index (χ1) is 18.3. The van der Waals surface area contributed by atoms with Gasteiger partial charge in [-0.05, 0) is 30.3 Å². The number of para-hydroxylation sites is 1. The van der Waals surface area contributed by atoms with Gasteiger partial charge in [0.2, 0.25) is 5.91 Å². The Morgan fingerprint density at radius 2 is 1.39 bits per heavy atom. The lowest BCUT2D eigenvalue weighted by molar-refractivity contribution is -0.125. The van der Waals surface area contributed by atoms with E-state index in [2.05, 4.69) is 26.5 Å². The third kappa shape index (κ3) is 6.64. The number of amides is 4. The van der Waals surface area contributed by atoms with Crippen LogP contribution in [0.4, 0.5) is 0 Å². The van der Waals surface area contributed by atoms with Crippen molar-refractivity contribution in [3.05, 3.63) is 100 Å². The zero-order chi connectivity index (χ0) is 27.1. The largest absolute Gasteiger partial charge is 0.345 e. The Labute approximate surface area is 227 Å². The molecule has 0 saturated heterocycles. The first kappa shape index (κ1) is 26.6. The van der Waals surface area contributed by atoms with Gasteiger partial charge in [0.15, 0.2) is 0 Å². The molecule has 4 N–H and O–H groups in total. The third-order valence-electron chi connectivity index (χ3n) is 5.38. The number of aromatic nitrogens is 1. The summed E-state index contributed by atoms with van der Waals surface area (Å²) in [6, 6.07) is 22.6. The van der Waals surface area contributed by atoms with Crippen LogP contribution in [-0.4, -0.2) is 41.7 Å². The van der Waals surface area contributed by atoms with Crippen LogP contribution in [0.2, 0.25) is 10.0 Å². The Morgan fingerprint density at radius 1 is 0.684 bits per heavy atom. The molecule has 4 aromatic rings. The molecule has 0 aliphatic carbocycles. The maximum absolute atomic E-state index is 12.9. The molecule has 4 amide bonds. The number of nitrogens with one attached hydrogen (secondary N) is 4. The molecule has 0 aliphatic rings. The van der Waals surface area contributed by atoms with Gasteiger partial charge in [0, 0.05) is 16.0 Å². The van der Waals surface area contributed by atoms with E-state index in [4.69, 9.17) is 23.2 Å². The fraction of sp³-hybridized carbons (Fsp3) is 0.0741. The van der Waals surface area contributed by atoms with Crippen LogP contribution in [0, 0.1) is 0 Å². The predicted octanol–water partition coefficient (Wildman–Crippen LogP) is 3.52. The smallest absolute Gasteiger partial charge is 0.270 e. The zero-order valence-electron chi connectivity index (χ0n) is 19.8. The molecule has 0 unspecified atom stereocenters. The molecule has 0 aliphatic heterocycles. The van der Waals surface area contributed by atoms with Gasteiger partial charge in [0.25, 0.3) is 17.7 Å². The summed E-state index contributed by atoms with van der Waals surface area (Å²) >= 11 is 11.8. The van der Waals surface area contributed by atoms with E-state index in [9.17, 15) is 19.2 Å². The summed E-state index contributed by atoms with van der Waals surface area (Å²) in [5.41, 5.74) is 7.18. The van der Waals surface area contributed by atoms with E-state index in [1.807, 2.05) is 36.4 Å². The maximum Gasteiger partial charge on any atom is 0.270 e. The molecule has 0 bridgehead atoms. The van der Waals surface area contributed by atoms with Crippen LogP contribution >= 0.6 is 23.2 Å². The van der Waals surface area contributed by atoms with E-state index in [0.29, 0.717) is 27.2 Å². The number of rotatable bonds is 7. The van der Waals surface area contributed by atoms with Crippen LogP contribution in [0.1, 0.15) is 20.7 Å². The number of pyridine rings is 1. The zero-order valence-corrected chi connectivity index (χ0v) is 21.3. The van der Waals surface area contributed by atoms with Crippen LogP contribution in [0.3, 0.4) is 0 Å². The third-order valence-corrected chi connectivity index (χ3v) is 5.92. The molecular formula is C27H21Cl2N5O4. The number of fused-ring (bicyclic) bond motifs is 1. The normalized spacial score (nSPS) is 10.5. The minimum absolute atomic E-state index is 0.142. The summed E-state index contributed by atoms with van der Waals surface area (Å²) in [5, 5.41) is 5.89. The molecule has 1 heterocycles. The highest BCUT2D eigenvalue weighted by molar-refractivity contribution is 6.36. The van der Waals surface area contributed by atoms with Gasteiger partial charge in [-0.15, -0.1) is 0 Å². The fourth-order valence-electron chi connectivity index (χ4n) is 3.53. The van der Waals surface area contributed by atoms with Gasteiger partial charge < -0.3 is 10.6 Å². The second-order valence-electron chi connectivity index (χ2n) is 8.02. The maximum atomic E-state index is 12.9. The van der Waals surface area contributed by atoms with Crippen molar-refractivity contribution >= 4 is 57.7 Å². The number of halogens is 2. The SMILES string of the molecule is O=C(CNC(=O)c1ccc(Cl)cc1Cl)NCC(=O)NNC(=O)c1cc(-c2ccccc2)nc2ccccc12. The van der Waals surface area contributed by atoms with Gasteiger partial charge in [-0.2, -0.15) is 0 Å². The average Bonchev–Trinajstić information content (AvgIpc) is 2.93. The van der Waals surface area contributed by atoms with Crippen molar-refractivity contribution in [2.45, 2.75) is 0 Å². The summed E-state index contributed by atoms with van der Waals surface area (Å²) in [5.74, 6) is -2.40. The minimum Gasteiger partial charge on any atom is -0.345 e. The minimum atomic E-state index is -0.666. The Morgan fingerprint density at radius 3 is 2.16 bits per heavy atom. The van der Waals surface area contributed by atoms with Gasteiger partial charge in [-0.1, -0.05) is 71.7 Å². The standard InChI is InChI=1S/C27H21Cl2N5O4/c28-17-10-11-19(21(29)12-17)26(37)31-14-24(35)30-15-25(36)33-34-27(38)20-13-23(16-6-2-1-3-7-16)32-22-9-5-4-8-18(20)22/h1-13H,14-15H2,(H,30,35)(H,31,37)(H,33,36)(H,34,38). The monoisotopic (exact) mass is 549 g/mol. The molecule has 0 fully saturated rings. The Bertz CT molecular complexity index is 1530. The van der Waals surface area contributed by atoms with E-state index in [-0.39, 0.29) is 17.1 Å². The van der Waals surface area contributed by atoms with E-state index in [1.54, 1.807) is 24.3 Å². The molecule has 4 rings (SSSR count). The molecule has 0 saturated carbocycles. The Hall–Kier alpha value is -4.47. The van der Waals surface area contributed by atoms with Crippen LogP contribution < -0.4 is 21.5 Å². The average molecular weight is 550 g/mol. The van der Waals surface area contributed by atoms with Crippen LogP contribution in [-0.2, 0) is 9.59 Å². The summed E-state index contributed by atoms with van der Waals surface area (Å²) in [4.78, 5) is 54.0. The van der Waals surface area contributed by atoms with Gasteiger partial charge >= 0.3 is 0 Å². The van der Waals surface area contributed by atoms with Crippen LogP contribution in [0.25, 0.3) is 22.2 Å². The van der Waals surface area contributed by atoms with Gasteiger partial charge in [-0.25, -0.2) is 4.98 Å². The molecule has 9 nitrogen and oxygen atoms in total. The number of hydrogen-bond donors (Lipinski definition) is 4. The van der Waals surface area contributed by atoms with E-state index >= 15 is 0 Å². The van der Waals surface area contributed by atoms with Crippen molar-refractivity contribution in [2.75, 3.05) is 13.1 Å². The van der Waals surface area contributed by atoms with Gasteiger partial charge in [0.1, 0.15) is 0 Å². The van der Waals surface area contributed by atoms with Crippen molar-refractivity contribution in [3.63, 3.8) is 0 Å². The first-order valence-electron chi connectivity index (χ1n) is 11.4. The van der Waals surface area contributed by atoms with Crippen LogP contribution in [0.15, 0.2) is 78.9 Å². The topological polar surface area (TPSA) is 129 Å². The molecule has 0 spiro atoms. The van der Waals surface area contributed by atoms with Crippen molar-refractivity contribution in [3.8, 4) is 11.3 Å². The highest BCUT2D eigenvalue weighted by Crippen LogP contribution is 2.24. The predicted molar refractivity (Wildman–Crippen MR) is 145 cm³/mol. The van der Waals surface area contributed by atoms with Gasteiger partial charge in [-0.3, -0.25) is 30.0 Å². The molecule has 11 heteroatoms. The molecule has 1 aromatic heterocycles. The summed E-state index contributed by atoms with van der Waals surface area (Å²) in [6.07, 6.45) is 0. The summed E-state index contributed by atoms with van der Waals surface area (Å²) in [6.45, 7) is -0.814. The number of carbonyl (C=O) groups is 4. The van der Waals surface area contributed by atoms with E-state index in [0.717, 1.165) is 5.56 Å². The molecular weight excluding hydrogens is 529 g/mol. The molecule has 0 atom stereocenters. The quantitative estimate of drug-likeness (QED) is 0.262. The van der Waals surface area contributed by atoms with Crippen molar-refractivity contribution in [2.24, 2.45) is 0 Å². The summed E-state index contributed by atoms with van der Waals surface area (Å²) < 4.78 is 0. The van der Waals surface area contributed by atoms with Crippen molar-refractivity contribution < 1.29 is 19.2 Å². The first-order valence-corrected chi connectivity index (χ1v) is 12.1. The number of carbonyl (C=O) groups excluding carboxylic acids is 4. The number of nitrogens with zero attached hydrogens (tertiary/aromatic N) is 1. The molecule has 0 radical (unpaired) electrons. The van der Waals surface area contributed by atoms with E-state index < -0.39 is 30.2 Å².